The van der Waals surface area contributed by atoms with Crippen molar-refractivity contribution in [1.29, 1.82) is 0 Å². The van der Waals surface area contributed by atoms with Crippen LogP contribution in [0.4, 0.5) is 4.39 Å². The number of hydrogen-bond donors (Lipinski definition) is 0. The summed E-state index contributed by atoms with van der Waals surface area (Å²) in [7, 11) is 3.08. The highest BCUT2D eigenvalue weighted by Gasteiger charge is 2.02. The van der Waals surface area contributed by atoms with Crippen LogP contribution in [0.15, 0.2) is 23.2 Å². The Morgan fingerprint density at radius 3 is 2.69 bits per heavy atom. The third-order valence-electron chi connectivity index (χ3n) is 1.96. The summed E-state index contributed by atoms with van der Waals surface area (Å²) in [6.07, 6.45) is 1.23. The molecule has 0 fully saturated rings. The molecular formula is C11H13ClFNO2. The van der Waals surface area contributed by atoms with E-state index < -0.39 is 5.82 Å². The van der Waals surface area contributed by atoms with E-state index in [1.54, 1.807) is 26.5 Å². The van der Waals surface area contributed by atoms with Crippen LogP contribution in [-0.2, 0) is 9.47 Å². The number of hydrogen-bond acceptors (Lipinski definition) is 3. The Morgan fingerprint density at radius 1 is 1.44 bits per heavy atom. The molecule has 0 N–H and O–H groups in total. The van der Waals surface area contributed by atoms with Gasteiger partial charge in [-0.3, -0.25) is 4.99 Å². The molecule has 0 aliphatic heterocycles. The third-order valence-corrected chi connectivity index (χ3v) is 2.25. The Balaban J connectivity index is 2.59. The number of methoxy groups -OCH3 is 2. The van der Waals surface area contributed by atoms with Gasteiger partial charge in [0.1, 0.15) is 5.82 Å². The lowest BCUT2D eigenvalue weighted by Crippen LogP contribution is -2.16. The van der Waals surface area contributed by atoms with E-state index in [1.807, 2.05) is 0 Å². The second-order valence-corrected chi connectivity index (χ2v) is 3.48. The normalized spacial score (nSPS) is 11.6. The predicted octanol–water partition coefficient (Wildman–Crippen LogP) is 2.52. The molecule has 0 aliphatic carbocycles. The highest BCUT2D eigenvalue weighted by molar-refractivity contribution is 6.31. The smallest absolute Gasteiger partial charge is 0.176 e. The van der Waals surface area contributed by atoms with E-state index in [0.717, 1.165) is 5.56 Å². The van der Waals surface area contributed by atoms with Gasteiger partial charge >= 0.3 is 0 Å². The predicted molar refractivity (Wildman–Crippen MR) is 61.7 cm³/mol. The Hall–Kier alpha value is -0.970. The van der Waals surface area contributed by atoms with Crippen LogP contribution >= 0.6 is 11.6 Å². The van der Waals surface area contributed by atoms with Crippen LogP contribution in [0.25, 0.3) is 0 Å². The Bertz CT molecular complexity index is 367. The van der Waals surface area contributed by atoms with E-state index in [9.17, 15) is 4.39 Å². The summed E-state index contributed by atoms with van der Waals surface area (Å²) in [5, 5.41) is 0.0824. The summed E-state index contributed by atoms with van der Waals surface area (Å²) >= 11 is 5.62. The Labute approximate surface area is 98.8 Å². The summed E-state index contributed by atoms with van der Waals surface area (Å²) in [6.45, 7) is 0.377. The van der Waals surface area contributed by atoms with Crippen LogP contribution in [0.5, 0.6) is 0 Å². The zero-order chi connectivity index (χ0) is 12.0. The number of benzene rings is 1. The van der Waals surface area contributed by atoms with Crippen LogP contribution in [0.3, 0.4) is 0 Å². The van der Waals surface area contributed by atoms with Gasteiger partial charge in [0.05, 0.1) is 11.6 Å². The molecular weight excluding hydrogens is 233 g/mol. The summed E-state index contributed by atoms with van der Waals surface area (Å²) in [5.41, 5.74) is 0.734. The molecule has 1 aromatic rings. The zero-order valence-electron chi connectivity index (χ0n) is 9.11. The maximum atomic E-state index is 12.8. The van der Waals surface area contributed by atoms with Gasteiger partial charge in [-0.25, -0.2) is 4.39 Å². The van der Waals surface area contributed by atoms with Crippen LogP contribution < -0.4 is 0 Å². The van der Waals surface area contributed by atoms with Crippen LogP contribution in [-0.4, -0.2) is 33.3 Å². The average molecular weight is 246 g/mol. The third kappa shape index (κ3) is 3.89. The molecule has 0 spiro atoms. The molecule has 1 aromatic carbocycles. The Morgan fingerprint density at radius 2 is 2.12 bits per heavy atom. The first-order valence-electron chi connectivity index (χ1n) is 4.68. The van der Waals surface area contributed by atoms with Crippen molar-refractivity contribution in [3.8, 4) is 0 Å². The molecule has 0 amide bonds. The molecule has 0 aromatic heterocycles. The summed E-state index contributed by atoms with van der Waals surface area (Å²) in [5.74, 6) is -0.439. The second-order valence-electron chi connectivity index (χ2n) is 3.07. The van der Waals surface area contributed by atoms with E-state index in [0.29, 0.717) is 6.54 Å². The van der Waals surface area contributed by atoms with E-state index in [2.05, 4.69) is 4.99 Å². The van der Waals surface area contributed by atoms with Crippen molar-refractivity contribution < 1.29 is 13.9 Å². The molecule has 5 heteroatoms. The zero-order valence-corrected chi connectivity index (χ0v) is 9.87. The van der Waals surface area contributed by atoms with Gasteiger partial charge in [0.2, 0.25) is 0 Å². The first kappa shape index (κ1) is 13.1. The minimum Gasteiger partial charge on any atom is -0.354 e. The van der Waals surface area contributed by atoms with E-state index in [1.165, 1.54) is 12.1 Å². The minimum atomic E-state index is -0.439. The first-order chi connectivity index (χ1) is 7.67. The lowest BCUT2D eigenvalue weighted by atomic mass is 10.2. The van der Waals surface area contributed by atoms with E-state index in [-0.39, 0.29) is 11.3 Å². The van der Waals surface area contributed by atoms with E-state index >= 15 is 0 Å². The van der Waals surface area contributed by atoms with Gasteiger partial charge in [0, 0.05) is 20.4 Å². The van der Waals surface area contributed by atoms with E-state index in [4.69, 9.17) is 21.1 Å². The lowest BCUT2D eigenvalue weighted by molar-refractivity contribution is -0.0936. The molecule has 0 aliphatic rings. The summed E-state index contributed by atoms with van der Waals surface area (Å²) < 4.78 is 22.8. The van der Waals surface area contributed by atoms with Crippen molar-refractivity contribution in [1.82, 2.24) is 0 Å². The molecule has 0 heterocycles. The Kier molecular flexibility index (Phi) is 5.38. The van der Waals surface area contributed by atoms with Crippen molar-refractivity contribution in [2.75, 3.05) is 20.8 Å². The summed E-state index contributed by atoms with van der Waals surface area (Å²) in [4.78, 5) is 4.10. The van der Waals surface area contributed by atoms with Crippen LogP contribution in [0, 0.1) is 5.82 Å². The maximum absolute atomic E-state index is 12.8. The maximum Gasteiger partial charge on any atom is 0.176 e. The molecule has 0 unspecified atom stereocenters. The van der Waals surface area contributed by atoms with Gasteiger partial charge in [-0.05, 0) is 17.7 Å². The van der Waals surface area contributed by atoms with Gasteiger partial charge < -0.3 is 9.47 Å². The number of nitrogens with zero attached hydrogens (tertiary/aromatic N) is 1. The fourth-order valence-corrected chi connectivity index (χ4v) is 1.27. The quantitative estimate of drug-likeness (QED) is 0.590. The largest absolute Gasteiger partial charge is 0.354 e. The van der Waals surface area contributed by atoms with Crippen molar-refractivity contribution in [3.63, 3.8) is 0 Å². The summed E-state index contributed by atoms with van der Waals surface area (Å²) in [6, 6.07) is 4.40. The number of aliphatic imine (C=N–C) groups is 1. The second kappa shape index (κ2) is 6.58. The molecule has 1 rings (SSSR count). The number of ether oxygens (including phenoxy) is 2. The average Bonchev–Trinajstić information content (AvgIpc) is 2.29. The highest BCUT2D eigenvalue weighted by atomic mass is 35.5. The van der Waals surface area contributed by atoms with Gasteiger partial charge in [-0.2, -0.15) is 0 Å². The number of halogens is 2. The minimum absolute atomic E-state index is 0.0824. The molecule has 0 bridgehead atoms. The van der Waals surface area contributed by atoms with Gasteiger partial charge in [-0.1, -0.05) is 17.7 Å². The molecule has 88 valence electrons. The monoisotopic (exact) mass is 245 g/mol. The van der Waals surface area contributed by atoms with Crippen molar-refractivity contribution in [2.24, 2.45) is 4.99 Å². The SMILES string of the molecule is COC(CN=Cc1ccc(F)c(Cl)c1)OC. The number of rotatable bonds is 5. The fraction of sp³-hybridized carbons (Fsp3) is 0.364. The lowest BCUT2D eigenvalue weighted by Gasteiger charge is -2.09. The van der Waals surface area contributed by atoms with Crippen molar-refractivity contribution >= 4 is 17.8 Å². The molecule has 0 atom stereocenters. The van der Waals surface area contributed by atoms with Crippen molar-refractivity contribution in [2.45, 2.75) is 6.29 Å². The molecule has 0 saturated carbocycles. The fourth-order valence-electron chi connectivity index (χ4n) is 1.08. The molecule has 16 heavy (non-hydrogen) atoms. The molecule has 3 nitrogen and oxygen atoms in total. The standard InChI is InChI=1S/C11H13ClFNO2/c1-15-11(16-2)7-14-6-8-3-4-10(13)9(12)5-8/h3-6,11H,7H2,1-2H3. The molecule has 0 saturated heterocycles. The topological polar surface area (TPSA) is 30.8 Å². The highest BCUT2D eigenvalue weighted by Crippen LogP contribution is 2.14. The molecule has 0 radical (unpaired) electrons. The van der Waals surface area contributed by atoms with Crippen LogP contribution in [0.2, 0.25) is 5.02 Å². The van der Waals surface area contributed by atoms with Gasteiger partial charge in [0.15, 0.2) is 6.29 Å². The van der Waals surface area contributed by atoms with Crippen LogP contribution in [0.1, 0.15) is 5.56 Å². The van der Waals surface area contributed by atoms with Gasteiger partial charge in [0.25, 0.3) is 0 Å². The first-order valence-corrected chi connectivity index (χ1v) is 5.05. The van der Waals surface area contributed by atoms with Crippen molar-refractivity contribution in [3.05, 3.63) is 34.6 Å². The van der Waals surface area contributed by atoms with Gasteiger partial charge in [-0.15, -0.1) is 0 Å².